The molecule has 1 aliphatic rings. The van der Waals surface area contributed by atoms with Crippen molar-refractivity contribution in [2.45, 2.75) is 24.8 Å². The molecule has 1 saturated heterocycles. The number of aromatic nitrogens is 3. The van der Waals surface area contributed by atoms with Crippen molar-refractivity contribution < 1.29 is 17.6 Å². The van der Waals surface area contributed by atoms with Crippen molar-refractivity contribution in [2.24, 2.45) is 0 Å². The van der Waals surface area contributed by atoms with Crippen LogP contribution in [0, 0.1) is 13.8 Å². The van der Waals surface area contributed by atoms with Gasteiger partial charge in [-0.3, -0.25) is 4.98 Å². The van der Waals surface area contributed by atoms with E-state index in [9.17, 15) is 8.42 Å². The van der Waals surface area contributed by atoms with E-state index in [0.29, 0.717) is 16.8 Å². The molecule has 136 valence electrons. The fraction of sp³-hybridized carbons (Fsp3) is 0.353. The second-order valence-corrected chi connectivity index (χ2v) is 8.07. The van der Waals surface area contributed by atoms with Crippen molar-refractivity contribution in [2.75, 3.05) is 19.7 Å². The average molecular weight is 374 g/mol. The monoisotopic (exact) mass is 374 g/mol. The SMILES string of the molecule is Cc1nnc([C@H]2CN(S(=O)(=O)c3ccc(C)c4ncccc34)CCO2)o1. The van der Waals surface area contributed by atoms with E-state index < -0.39 is 16.1 Å². The molecular weight excluding hydrogens is 356 g/mol. The molecule has 26 heavy (non-hydrogen) atoms. The Morgan fingerprint density at radius 3 is 2.81 bits per heavy atom. The van der Waals surface area contributed by atoms with Crippen LogP contribution in [0.25, 0.3) is 10.9 Å². The van der Waals surface area contributed by atoms with Crippen LogP contribution in [-0.2, 0) is 14.8 Å². The van der Waals surface area contributed by atoms with Gasteiger partial charge in [-0.05, 0) is 30.7 Å². The van der Waals surface area contributed by atoms with Gasteiger partial charge in [0.25, 0.3) is 0 Å². The Bertz CT molecular complexity index is 1060. The summed E-state index contributed by atoms with van der Waals surface area (Å²) >= 11 is 0. The molecule has 3 heterocycles. The van der Waals surface area contributed by atoms with Crippen LogP contribution in [-0.4, -0.2) is 47.6 Å². The number of aryl methyl sites for hydroxylation is 2. The van der Waals surface area contributed by atoms with Crippen molar-refractivity contribution in [1.82, 2.24) is 19.5 Å². The molecule has 8 nitrogen and oxygen atoms in total. The quantitative estimate of drug-likeness (QED) is 0.691. The third-order valence-electron chi connectivity index (χ3n) is 4.40. The molecule has 9 heteroatoms. The molecule has 1 atom stereocenters. The molecule has 4 rings (SSSR count). The minimum atomic E-state index is -3.72. The Kier molecular flexibility index (Phi) is 4.22. The zero-order valence-electron chi connectivity index (χ0n) is 14.4. The number of hydrogen-bond donors (Lipinski definition) is 0. The zero-order valence-corrected chi connectivity index (χ0v) is 15.2. The van der Waals surface area contributed by atoms with E-state index in [1.54, 1.807) is 37.4 Å². The molecule has 0 amide bonds. The van der Waals surface area contributed by atoms with Gasteiger partial charge in [-0.1, -0.05) is 6.07 Å². The lowest BCUT2D eigenvalue weighted by Crippen LogP contribution is -2.42. The maximum Gasteiger partial charge on any atom is 0.246 e. The summed E-state index contributed by atoms with van der Waals surface area (Å²) < 4.78 is 39.0. The number of morpholine rings is 1. The third kappa shape index (κ3) is 2.87. The second-order valence-electron chi connectivity index (χ2n) is 6.16. The maximum atomic E-state index is 13.3. The first-order valence-electron chi connectivity index (χ1n) is 8.23. The summed E-state index contributed by atoms with van der Waals surface area (Å²) in [5.74, 6) is 0.706. The number of rotatable bonds is 3. The number of fused-ring (bicyclic) bond motifs is 1. The summed E-state index contributed by atoms with van der Waals surface area (Å²) in [6, 6.07) is 6.93. The van der Waals surface area contributed by atoms with E-state index >= 15 is 0 Å². The van der Waals surface area contributed by atoms with Crippen molar-refractivity contribution in [3.05, 3.63) is 47.8 Å². The lowest BCUT2D eigenvalue weighted by molar-refractivity contribution is -0.0176. The smallest absolute Gasteiger partial charge is 0.246 e. The van der Waals surface area contributed by atoms with Crippen molar-refractivity contribution in [1.29, 1.82) is 0 Å². The number of ether oxygens (including phenoxy) is 1. The van der Waals surface area contributed by atoms with Gasteiger partial charge >= 0.3 is 0 Å². The second kappa shape index (κ2) is 6.42. The Morgan fingerprint density at radius 2 is 2.04 bits per heavy atom. The summed E-state index contributed by atoms with van der Waals surface area (Å²) in [5, 5.41) is 8.35. The Balaban J connectivity index is 1.72. The molecule has 2 aromatic heterocycles. The van der Waals surface area contributed by atoms with Gasteiger partial charge < -0.3 is 9.15 Å². The molecule has 1 fully saturated rings. The predicted octanol–water partition coefficient (Wildman–Crippen LogP) is 2.00. The highest BCUT2D eigenvalue weighted by Crippen LogP contribution is 2.30. The van der Waals surface area contributed by atoms with E-state index in [0.717, 1.165) is 5.56 Å². The molecule has 0 N–H and O–H groups in total. The summed E-state index contributed by atoms with van der Waals surface area (Å²) in [7, 11) is -3.72. The van der Waals surface area contributed by atoms with Crippen molar-refractivity contribution in [3.8, 4) is 0 Å². The zero-order chi connectivity index (χ0) is 18.3. The minimum absolute atomic E-state index is 0.125. The number of benzene rings is 1. The van der Waals surface area contributed by atoms with Crippen LogP contribution in [0.2, 0.25) is 0 Å². The van der Waals surface area contributed by atoms with Gasteiger partial charge in [-0.2, -0.15) is 4.31 Å². The molecular formula is C17H18N4O4S. The molecule has 0 radical (unpaired) electrons. The van der Waals surface area contributed by atoms with E-state index in [-0.39, 0.29) is 30.5 Å². The lowest BCUT2D eigenvalue weighted by Gasteiger charge is -2.30. The third-order valence-corrected chi connectivity index (χ3v) is 6.32. The van der Waals surface area contributed by atoms with Crippen LogP contribution < -0.4 is 0 Å². The van der Waals surface area contributed by atoms with Crippen molar-refractivity contribution in [3.63, 3.8) is 0 Å². The number of hydrogen-bond acceptors (Lipinski definition) is 7. The molecule has 0 bridgehead atoms. The average Bonchev–Trinajstić information content (AvgIpc) is 3.09. The van der Waals surface area contributed by atoms with Crippen LogP contribution in [0.5, 0.6) is 0 Å². The highest BCUT2D eigenvalue weighted by molar-refractivity contribution is 7.89. The first kappa shape index (κ1) is 17.1. The van der Waals surface area contributed by atoms with Gasteiger partial charge in [0.1, 0.15) is 6.10 Å². The maximum absolute atomic E-state index is 13.3. The van der Waals surface area contributed by atoms with Crippen molar-refractivity contribution >= 4 is 20.9 Å². The normalized spacial score (nSPS) is 19.1. The fourth-order valence-corrected chi connectivity index (χ4v) is 4.69. The minimum Gasteiger partial charge on any atom is -0.423 e. The topological polar surface area (TPSA) is 98.4 Å². The predicted molar refractivity (Wildman–Crippen MR) is 93.0 cm³/mol. The Morgan fingerprint density at radius 1 is 1.19 bits per heavy atom. The van der Waals surface area contributed by atoms with Gasteiger partial charge in [0.15, 0.2) is 0 Å². The summed E-state index contributed by atoms with van der Waals surface area (Å²) in [5.41, 5.74) is 1.62. The van der Waals surface area contributed by atoms with Gasteiger partial charge in [-0.25, -0.2) is 8.42 Å². The standard InChI is InChI=1S/C17H18N4O4S/c1-11-5-6-15(13-4-3-7-18-16(11)13)26(22,23)21-8-9-24-14(10-21)17-20-19-12(2)25-17/h3-7,14H,8-10H2,1-2H3/t14-/m1/s1. The van der Waals surface area contributed by atoms with Crippen LogP contribution in [0.15, 0.2) is 39.8 Å². The first-order valence-corrected chi connectivity index (χ1v) is 9.67. The molecule has 0 spiro atoms. The van der Waals surface area contributed by atoms with E-state index in [2.05, 4.69) is 15.2 Å². The fourth-order valence-electron chi connectivity index (χ4n) is 3.09. The first-order chi connectivity index (χ1) is 12.5. The number of sulfonamides is 1. The van der Waals surface area contributed by atoms with Crippen LogP contribution in [0.4, 0.5) is 0 Å². The van der Waals surface area contributed by atoms with Gasteiger partial charge in [0, 0.05) is 31.6 Å². The van der Waals surface area contributed by atoms with Crippen LogP contribution in [0.3, 0.4) is 0 Å². The molecule has 1 aromatic carbocycles. The molecule has 0 saturated carbocycles. The molecule has 1 aliphatic heterocycles. The van der Waals surface area contributed by atoms with E-state index in [4.69, 9.17) is 9.15 Å². The summed E-state index contributed by atoms with van der Waals surface area (Å²) in [4.78, 5) is 4.57. The highest BCUT2D eigenvalue weighted by atomic mass is 32.2. The Hall–Kier alpha value is -2.36. The van der Waals surface area contributed by atoms with E-state index in [1.165, 1.54) is 4.31 Å². The number of nitrogens with zero attached hydrogens (tertiary/aromatic N) is 4. The lowest BCUT2D eigenvalue weighted by atomic mass is 10.1. The van der Waals surface area contributed by atoms with Gasteiger partial charge in [0.2, 0.25) is 21.8 Å². The van der Waals surface area contributed by atoms with Gasteiger partial charge in [0.05, 0.1) is 17.0 Å². The molecule has 0 unspecified atom stereocenters. The highest BCUT2D eigenvalue weighted by Gasteiger charge is 2.34. The van der Waals surface area contributed by atoms with E-state index in [1.807, 2.05) is 6.92 Å². The van der Waals surface area contributed by atoms with Gasteiger partial charge in [-0.15, -0.1) is 10.2 Å². The van der Waals surface area contributed by atoms with Crippen LogP contribution >= 0.6 is 0 Å². The Labute approximate surface area is 150 Å². The summed E-state index contributed by atoms with van der Waals surface area (Å²) in [6.45, 7) is 4.24. The molecule has 0 aliphatic carbocycles. The summed E-state index contributed by atoms with van der Waals surface area (Å²) in [6.07, 6.45) is 1.09. The largest absolute Gasteiger partial charge is 0.423 e. The number of pyridine rings is 1. The van der Waals surface area contributed by atoms with Crippen LogP contribution in [0.1, 0.15) is 23.4 Å². The molecule has 3 aromatic rings.